The summed E-state index contributed by atoms with van der Waals surface area (Å²) in [5.74, 6) is -0.337. The van der Waals surface area contributed by atoms with Gasteiger partial charge in [0.1, 0.15) is 0 Å². The molecule has 32 heavy (non-hydrogen) atoms. The molecule has 0 unspecified atom stereocenters. The molecule has 0 amide bonds. The summed E-state index contributed by atoms with van der Waals surface area (Å²) >= 11 is 0. The summed E-state index contributed by atoms with van der Waals surface area (Å²) in [4.78, 5) is 29.8. The van der Waals surface area contributed by atoms with Crippen molar-refractivity contribution < 1.29 is 22.7 Å². The minimum Gasteiger partial charge on any atom is -0.371 e. The van der Waals surface area contributed by atoms with Crippen molar-refractivity contribution in [2.75, 3.05) is 6.54 Å². The van der Waals surface area contributed by atoms with Gasteiger partial charge in [-0.2, -0.15) is 13.2 Å². The van der Waals surface area contributed by atoms with E-state index < -0.39 is 41.4 Å². The van der Waals surface area contributed by atoms with E-state index in [1.807, 2.05) is 30.3 Å². The average molecular weight is 445 g/mol. The molecule has 168 valence electrons. The lowest BCUT2D eigenvalue weighted by Gasteiger charge is -2.31. The van der Waals surface area contributed by atoms with Crippen LogP contribution < -0.4 is 10.9 Å². The molecular formula is C23H22F3N3O3. The van der Waals surface area contributed by atoms with Crippen molar-refractivity contribution in [2.45, 2.75) is 44.3 Å². The van der Waals surface area contributed by atoms with Crippen LogP contribution in [0.3, 0.4) is 0 Å². The highest BCUT2D eigenvalue weighted by Gasteiger charge is 2.35. The lowest BCUT2D eigenvalue weighted by molar-refractivity contribution is -0.136. The summed E-state index contributed by atoms with van der Waals surface area (Å²) in [6.07, 6.45) is -2.49. The molecule has 0 spiro atoms. The Labute approximate surface area is 182 Å². The number of carbonyl (C=O) groups excluding carboxylic acids is 1. The molecule has 2 atom stereocenters. The molecule has 1 fully saturated rings. The summed E-state index contributed by atoms with van der Waals surface area (Å²) in [6, 6.07) is 12.3. The van der Waals surface area contributed by atoms with Gasteiger partial charge >= 0.3 is 6.18 Å². The number of rotatable bonds is 6. The molecule has 1 aliphatic heterocycles. The maximum absolute atomic E-state index is 13.4. The van der Waals surface area contributed by atoms with E-state index in [1.54, 1.807) is 0 Å². The van der Waals surface area contributed by atoms with Gasteiger partial charge in [-0.15, -0.1) is 0 Å². The van der Waals surface area contributed by atoms with E-state index >= 15 is 0 Å². The quantitative estimate of drug-likeness (QED) is 0.630. The second-order valence-electron chi connectivity index (χ2n) is 7.75. The molecule has 1 N–H and O–H groups in total. The van der Waals surface area contributed by atoms with Crippen molar-refractivity contribution in [2.24, 2.45) is 0 Å². The number of alkyl halides is 3. The smallest absolute Gasteiger partial charge is 0.371 e. The first-order valence-electron chi connectivity index (χ1n) is 10.3. The van der Waals surface area contributed by atoms with E-state index in [-0.39, 0.29) is 11.3 Å². The number of fused-ring (bicyclic) bond motifs is 1. The first-order valence-corrected chi connectivity index (χ1v) is 10.3. The number of hydrogen-bond acceptors (Lipinski definition) is 5. The summed E-state index contributed by atoms with van der Waals surface area (Å²) < 4.78 is 47.1. The number of benzene rings is 2. The number of nitrogens with one attached hydrogen (secondary N) is 1. The molecule has 0 radical (unpaired) electrons. The zero-order valence-electron chi connectivity index (χ0n) is 17.1. The van der Waals surface area contributed by atoms with Crippen molar-refractivity contribution in [3.63, 3.8) is 0 Å². The minimum atomic E-state index is -4.70. The van der Waals surface area contributed by atoms with Crippen molar-refractivity contribution in [1.82, 2.24) is 14.9 Å². The first kappa shape index (κ1) is 22.2. The number of ether oxygens (including phenoxy) is 1. The van der Waals surface area contributed by atoms with E-state index in [1.165, 1.54) is 12.1 Å². The SMILES string of the molecule is O=C(Cn1cnc2cccc(C(F)(F)F)c2c1=O)[C@H]1NCCC[C@@H]1OCc1ccccc1. The molecule has 9 heteroatoms. The van der Waals surface area contributed by atoms with E-state index in [9.17, 15) is 22.8 Å². The molecule has 0 bridgehead atoms. The molecule has 2 aromatic carbocycles. The fraction of sp³-hybridized carbons (Fsp3) is 0.348. The minimum absolute atomic E-state index is 0.0617. The maximum atomic E-state index is 13.4. The Morgan fingerprint density at radius 3 is 2.69 bits per heavy atom. The van der Waals surface area contributed by atoms with Crippen LogP contribution in [0.15, 0.2) is 59.7 Å². The fourth-order valence-electron chi connectivity index (χ4n) is 3.95. The van der Waals surface area contributed by atoms with Crippen LogP contribution in [0.5, 0.6) is 0 Å². The number of nitrogens with zero attached hydrogens (tertiary/aromatic N) is 2. The largest absolute Gasteiger partial charge is 0.417 e. The number of ketones is 1. The highest BCUT2D eigenvalue weighted by Crippen LogP contribution is 2.32. The van der Waals surface area contributed by atoms with Gasteiger partial charge in [0, 0.05) is 0 Å². The zero-order valence-corrected chi connectivity index (χ0v) is 17.1. The van der Waals surface area contributed by atoms with Crippen molar-refractivity contribution in [3.05, 3.63) is 76.3 Å². The summed E-state index contributed by atoms with van der Waals surface area (Å²) in [5, 5.41) is 2.59. The third kappa shape index (κ3) is 4.73. The lowest BCUT2D eigenvalue weighted by atomic mass is 9.97. The van der Waals surface area contributed by atoms with Crippen LogP contribution in [0.2, 0.25) is 0 Å². The normalized spacial score (nSPS) is 19.2. The Kier molecular flexibility index (Phi) is 6.38. The average Bonchev–Trinajstić information content (AvgIpc) is 2.79. The summed E-state index contributed by atoms with van der Waals surface area (Å²) in [7, 11) is 0. The Balaban J connectivity index is 1.55. The van der Waals surface area contributed by atoms with Gasteiger partial charge in [-0.05, 0) is 37.1 Å². The van der Waals surface area contributed by atoms with Gasteiger partial charge in [-0.25, -0.2) is 4.98 Å². The Morgan fingerprint density at radius 1 is 1.16 bits per heavy atom. The molecule has 3 aromatic rings. The third-order valence-electron chi connectivity index (χ3n) is 5.54. The van der Waals surface area contributed by atoms with Crippen LogP contribution in [0.4, 0.5) is 13.2 Å². The second kappa shape index (κ2) is 9.22. The Bertz CT molecular complexity index is 1160. The summed E-state index contributed by atoms with van der Waals surface area (Å²) in [5.41, 5.74) is -1.05. The molecule has 1 saturated heterocycles. The number of halogens is 3. The number of carbonyl (C=O) groups is 1. The molecule has 2 heterocycles. The van der Waals surface area contributed by atoms with E-state index in [4.69, 9.17) is 4.74 Å². The molecule has 4 rings (SSSR count). The zero-order chi connectivity index (χ0) is 22.7. The molecule has 6 nitrogen and oxygen atoms in total. The predicted octanol–water partition coefficient (Wildman–Crippen LogP) is 3.32. The van der Waals surface area contributed by atoms with Crippen molar-refractivity contribution >= 4 is 16.7 Å². The van der Waals surface area contributed by atoms with Gasteiger partial charge < -0.3 is 10.1 Å². The number of hydrogen-bond donors (Lipinski definition) is 1. The van der Waals surface area contributed by atoms with Crippen molar-refractivity contribution in [1.29, 1.82) is 0 Å². The standard InChI is InChI=1S/C23H22F3N3O3/c24-23(25,26)16-8-4-9-17-20(16)22(31)29(14-28-17)12-18(30)21-19(10-5-11-27-21)32-13-15-6-2-1-3-7-15/h1-4,6-9,14,19,21,27H,5,10-13H2/t19-,21+/m0/s1. The van der Waals surface area contributed by atoms with Crippen LogP contribution in [0.25, 0.3) is 10.9 Å². The highest BCUT2D eigenvalue weighted by molar-refractivity contribution is 5.85. The van der Waals surface area contributed by atoms with Gasteiger partial charge in [0.2, 0.25) is 0 Å². The van der Waals surface area contributed by atoms with Crippen molar-refractivity contribution in [3.8, 4) is 0 Å². The van der Waals surface area contributed by atoms with E-state index in [0.717, 1.165) is 28.9 Å². The molecule has 0 aliphatic carbocycles. The monoisotopic (exact) mass is 445 g/mol. The molecule has 1 aromatic heterocycles. The van der Waals surface area contributed by atoms with Crippen LogP contribution in [-0.2, 0) is 28.9 Å². The van der Waals surface area contributed by atoms with Gasteiger partial charge in [-0.1, -0.05) is 36.4 Å². The molecular weight excluding hydrogens is 423 g/mol. The number of aromatic nitrogens is 2. The second-order valence-corrected chi connectivity index (χ2v) is 7.75. The topological polar surface area (TPSA) is 73.2 Å². The van der Waals surface area contributed by atoms with Gasteiger partial charge in [0.05, 0.1) is 48.1 Å². The fourth-order valence-corrected chi connectivity index (χ4v) is 3.95. The van der Waals surface area contributed by atoms with E-state index in [0.29, 0.717) is 19.6 Å². The van der Waals surface area contributed by atoms with Crippen LogP contribution in [0, 0.1) is 0 Å². The van der Waals surface area contributed by atoms with E-state index in [2.05, 4.69) is 10.3 Å². The number of Topliss-reactive ketones (excluding diaryl/α,β-unsaturated/α-hetero) is 1. The first-order chi connectivity index (χ1) is 15.3. The van der Waals surface area contributed by atoms with Crippen LogP contribution in [-0.4, -0.2) is 34.0 Å². The highest BCUT2D eigenvalue weighted by atomic mass is 19.4. The maximum Gasteiger partial charge on any atom is 0.417 e. The predicted molar refractivity (Wildman–Crippen MR) is 112 cm³/mol. The summed E-state index contributed by atoms with van der Waals surface area (Å²) in [6.45, 7) is 0.560. The van der Waals surface area contributed by atoms with Gasteiger partial charge in [0.25, 0.3) is 5.56 Å². The number of piperidine rings is 1. The van der Waals surface area contributed by atoms with Crippen LogP contribution in [0.1, 0.15) is 24.0 Å². The van der Waals surface area contributed by atoms with Gasteiger partial charge in [0.15, 0.2) is 5.78 Å². The lowest BCUT2D eigenvalue weighted by Crippen LogP contribution is -2.52. The molecule has 0 saturated carbocycles. The Morgan fingerprint density at radius 2 is 1.94 bits per heavy atom. The van der Waals surface area contributed by atoms with Gasteiger partial charge in [-0.3, -0.25) is 14.2 Å². The third-order valence-corrected chi connectivity index (χ3v) is 5.54. The molecule has 1 aliphatic rings. The Hall–Kier alpha value is -3.04. The van der Waals surface area contributed by atoms with Crippen LogP contribution >= 0.6 is 0 Å².